The zero-order valence-corrected chi connectivity index (χ0v) is 4.38. The molecule has 1 N–H and O–H groups in total. The molecular formula is C4H6O4. The minimum atomic E-state index is -0.852. The van der Waals surface area contributed by atoms with Crippen molar-refractivity contribution in [3.63, 3.8) is 0 Å². The Hall–Kier alpha value is -0.610. The molecule has 0 amide bonds. The first-order valence-corrected chi connectivity index (χ1v) is 2.19. The van der Waals surface area contributed by atoms with Gasteiger partial charge in [0.15, 0.2) is 5.60 Å². The van der Waals surface area contributed by atoms with Gasteiger partial charge in [0.25, 0.3) is 0 Å². The van der Waals surface area contributed by atoms with Crippen LogP contribution in [0.15, 0.2) is 0 Å². The highest BCUT2D eigenvalue weighted by Crippen LogP contribution is 2.26. The molecule has 4 heteroatoms. The van der Waals surface area contributed by atoms with E-state index >= 15 is 0 Å². The number of carbonyl (C=O) groups is 1. The van der Waals surface area contributed by atoms with Crippen molar-refractivity contribution in [1.82, 2.24) is 0 Å². The molecule has 0 saturated carbocycles. The average Bonchev–Trinajstić information content (AvgIpc) is 2.47. The van der Waals surface area contributed by atoms with Gasteiger partial charge in [-0.2, -0.15) is 5.26 Å². The molecule has 1 aliphatic rings. The molecular weight excluding hydrogens is 112 g/mol. The van der Waals surface area contributed by atoms with Crippen molar-refractivity contribution in [2.75, 3.05) is 6.61 Å². The van der Waals surface area contributed by atoms with Crippen LogP contribution in [0.3, 0.4) is 0 Å². The molecule has 0 bridgehead atoms. The van der Waals surface area contributed by atoms with Gasteiger partial charge in [-0.25, -0.2) is 4.79 Å². The van der Waals surface area contributed by atoms with E-state index in [1.807, 2.05) is 0 Å². The summed E-state index contributed by atoms with van der Waals surface area (Å²) in [7, 11) is 0. The Morgan fingerprint density at radius 2 is 2.50 bits per heavy atom. The van der Waals surface area contributed by atoms with Gasteiger partial charge in [0.2, 0.25) is 0 Å². The van der Waals surface area contributed by atoms with Crippen LogP contribution >= 0.6 is 0 Å². The molecule has 1 atom stereocenters. The van der Waals surface area contributed by atoms with Crippen molar-refractivity contribution in [3.05, 3.63) is 0 Å². The van der Waals surface area contributed by atoms with Crippen LogP contribution in [0.2, 0.25) is 0 Å². The largest absolute Gasteiger partial charge is 0.375 e. The van der Waals surface area contributed by atoms with Gasteiger partial charge in [0, 0.05) is 0 Å². The van der Waals surface area contributed by atoms with Gasteiger partial charge in [0.05, 0.1) is 6.61 Å². The van der Waals surface area contributed by atoms with Crippen molar-refractivity contribution in [2.45, 2.75) is 12.5 Å². The summed E-state index contributed by atoms with van der Waals surface area (Å²) < 4.78 is 4.61. The Balaban J connectivity index is 2.46. The number of carbonyl (C=O) groups excluding carboxylic acids is 1. The fourth-order valence-electron chi connectivity index (χ4n) is 0.323. The third-order valence-electron chi connectivity index (χ3n) is 1.09. The molecule has 1 rings (SSSR count). The molecule has 0 aromatic rings. The lowest BCUT2D eigenvalue weighted by molar-refractivity contribution is -0.239. The van der Waals surface area contributed by atoms with Crippen LogP contribution in [0.25, 0.3) is 0 Å². The summed E-state index contributed by atoms with van der Waals surface area (Å²) >= 11 is 0. The predicted octanol–water partition coefficient (Wildman–Crippen LogP) is -0.208. The molecule has 46 valence electrons. The van der Waals surface area contributed by atoms with Gasteiger partial charge in [-0.1, -0.05) is 0 Å². The van der Waals surface area contributed by atoms with E-state index in [1.54, 1.807) is 6.92 Å². The maximum atomic E-state index is 10.3. The highest BCUT2D eigenvalue weighted by Gasteiger charge is 2.49. The molecule has 0 aliphatic carbocycles. The summed E-state index contributed by atoms with van der Waals surface area (Å²) in [5, 5.41) is 7.78. The Labute approximate surface area is 45.9 Å². The van der Waals surface area contributed by atoms with Crippen molar-refractivity contribution in [1.29, 1.82) is 0 Å². The standard InChI is InChI=1S/C4H6O4/c1-4(2-7-4)3(5)8-6/h6H,2H2,1H3. The number of ether oxygens (including phenoxy) is 1. The van der Waals surface area contributed by atoms with Crippen molar-refractivity contribution in [2.24, 2.45) is 0 Å². The maximum absolute atomic E-state index is 10.3. The van der Waals surface area contributed by atoms with Gasteiger partial charge in [0.1, 0.15) is 0 Å². The first-order valence-electron chi connectivity index (χ1n) is 2.19. The van der Waals surface area contributed by atoms with Crippen molar-refractivity contribution >= 4 is 5.97 Å². The van der Waals surface area contributed by atoms with E-state index in [9.17, 15) is 4.79 Å². The van der Waals surface area contributed by atoms with Crippen LogP contribution < -0.4 is 0 Å². The van der Waals surface area contributed by atoms with Crippen LogP contribution in [0, 0.1) is 0 Å². The summed E-state index contributed by atoms with van der Waals surface area (Å²) in [4.78, 5) is 13.7. The molecule has 1 aliphatic heterocycles. The van der Waals surface area contributed by atoms with E-state index in [4.69, 9.17) is 5.26 Å². The Morgan fingerprint density at radius 1 is 2.00 bits per heavy atom. The molecule has 0 aromatic heterocycles. The second kappa shape index (κ2) is 1.43. The lowest BCUT2D eigenvalue weighted by Gasteiger charge is -1.95. The molecule has 0 aromatic carbocycles. The van der Waals surface area contributed by atoms with Crippen LogP contribution in [-0.2, 0) is 14.4 Å². The first kappa shape index (κ1) is 5.53. The minimum absolute atomic E-state index is 0.340. The van der Waals surface area contributed by atoms with Crippen molar-refractivity contribution < 1.29 is 19.7 Å². The zero-order chi connectivity index (χ0) is 6.20. The molecule has 1 fully saturated rings. The predicted molar refractivity (Wildman–Crippen MR) is 23.1 cm³/mol. The lowest BCUT2D eigenvalue weighted by Crippen LogP contribution is -2.21. The zero-order valence-electron chi connectivity index (χ0n) is 4.38. The second-order valence-electron chi connectivity index (χ2n) is 1.90. The second-order valence-corrected chi connectivity index (χ2v) is 1.90. The highest BCUT2D eigenvalue weighted by molar-refractivity contribution is 5.81. The van der Waals surface area contributed by atoms with Crippen LogP contribution in [-0.4, -0.2) is 23.4 Å². The molecule has 0 radical (unpaired) electrons. The normalized spacial score (nSPS) is 34.2. The molecule has 1 saturated heterocycles. The molecule has 0 spiro atoms. The topological polar surface area (TPSA) is 59.1 Å². The summed E-state index contributed by atoms with van der Waals surface area (Å²) in [5.41, 5.74) is -0.852. The van der Waals surface area contributed by atoms with Gasteiger partial charge in [-0.3, -0.25) is 4.89 Å². The van der Waals surface area contributed by atoms with Crippen LogP contribution in [0.4, 0.5) is 0 Å². The number of epoxide rings is 1. The summed E-state index contributed by atoms with van der Waals surface area (Å²) in [6.07, 6.45) is 0. The third kappa shape index (κ3) is 0.677. The lowest BCUT2D eigenvalue weighted by atomic mass is 10.2. The summed E-state index contributed by atoms with van der Waals surface area (Å²) in [6, 6.07) is 0. The number of rotatable bonds is 1. The maximum Gasteiger partial charge on any atom is 0.375 e. The number of hydrogen-bond acceptors (Lipinski definition) is 4. The van der Waals surface area contributed by atoms with Crippen LogP contribution in [0.5, 0.6) is 0 Å². The third-order valence-corrected chi connectivity index (χ3v) is 1.09. The fraction of sp³-hybridized carbons (Fsp3) is 0.750. The van der Waals surface area contributed by atoms with E-state index in [-0.39, 0.29) is 0 Å². The average molecular weight is 118 g/mol. The van der Waals surface area contributed by atoms with E-state index in [2.05, 4.69) is 9.62 Å². The molecule has 4 nitrogen and oxygen atoms in total. The monoisotopic (exact) mass is 118 g/mol. The van der Waals surface area contributed by atoms with Gasteiger partial charge < -0.3 is 4.74 Å². The van der Waals surface area contributed by atoms with Crippen molar-refractivity contribution in [3.8, 4) is 0 Å². The highest BCUT2D eigenvalue weighted by atomic mass is 17.1. The number of hydrogen-bond donors (Lipinski definition) is 1. The SMILES string of the molecule is CC1(C(=O)OO)CO1. The van der Waals surface area contributed by atoms with Gasteiger partial charge >= 0.3 is 5.97 Å². The van der Waals surface area contributed by atoms with Gasteiger partial charge in [-0.05, 0) is 6.92 Å². The summed E-state index contributed by atoms with van der Waals surface area (Å²) in [6.45, 7) is 1.89. The van der Waals surface area contributed by atoms with E-state index in [0.717, 1.165) is 0 Å². The summed E-state index contributed by atoms with van der Waals surface area (Å²) in [5.74, 6) is -0.725. The molecule has 8 heavy (non-hydrogen) atoms. The van der Waals surface area contributed by atoms with Gasteiger partial charge in [-0.15, -0.1) is 0 Å². The van der Waals surface area contributed by atoms with E-state index in [0.29, 0.717) is 6.61 Å². The van der Waals surface area contributed by atoms with E-state index in [1.165, 1.54) is 0 Å². The Kier molecular flexibility index (Phi) is 0.988. The first-order chi connectivity index (χ1) is 3.69. The smallest absolute Gasteiger partial charge is 0.357 e. The molecule has 1 unspecified atom stereocenters. The Morgan fingerprint density at radius 3 is 2.62 bits per heavy atom. The Bertz CT molecular complexity index is 115. The van der Waals surface area contributed by atoms with E-state index < -0.39 is 11.6 Å². The fourth-order valence-corrected chi connectivity index (χ4v) is 0.323. The van der Waals surface area contributed by atoms with Crippen LogP contribution in [0.1, 0.15) is 6.92 Å². The minimum Gasteiger partial charge on any atom is -0.357 e. The quantitative estimate of drug-likeness (QED) is 0.294. The molecule has 1 heterocycles.